The minimum atomic E-state index is -0.742. The summed E-state index contributed by atoms with van der Waals surface area (Å²) in [6.45, 7) is 4.73. The summed E-state index contributed by atoms with van der Waals surface area (Å²) >= 11 is 0. The largest absolute Gasteiger partial charge is 0.480 e. The number of hydrogen-bond acceptors (Lipinski definition) is 2. The molecule has 0 aromatic rings. The SMILES string of the molecule is CCCCCN(C)C(C)C(=O)O. The first-order chi connectivity index (χ1) is 5.59. The van der Waals surface area contributed by atoms with Crippen molar-refractivity contribution in [2.45, 2.75) is 39.2 Å². The Balaban J connectivity index is 3.56. The highest BCUT2D eigenvalue weighted by atomic mass is 16.4. The average Bonchev–Trinajstić information content (AvgIpc) is 2.03. The summed E-state index contributed by atoms with van der Waals surface area (Å²) in [6, 6.07) is -0.359. The molecule has 0 rings (SSSR count). The maximum Gasteiger partial charge on any atom is 0.320 e. The zero-order chi connectivity index (χ0) is 9.56. The van der Waals surface area contributed by atoms with E-state index < -0.39 is 5.97 Å². The molecule has 0 spiro atoms. The highest BCUT2D eigenvalue weighted by Gasteiger charge is 2.15. The van der Waals surface area contributed by atoms with E-state index in [0.29, 0.717) is 0 Å². The van der Waals surface area contributed by atoms with Gasteiger partial charge in [-0.3, -0.25) is 9.69 Å². The number of rotatable bonds is 6. The van der Waals surface area contributed by atoms with E-state index in [9.17, 15) is 4.79 Å². The number of carbonyl (C=O) groups is 1. The molecular formula is C9H19NO2. The molecule has 0 aliphatic carbocycles. The van der Waals surface area contributed by atoms with Crippen LogP contribution < -0.4 is 0 Å². The van der Waals surface area contributed by atoms with Crippen molar-refractivity contribution in [3.8, 4) is 0 Å². The van der Waals surface area contributed by atoms with Crippen LogP contribution in [0.15, 0.2) is 0 Å². The fourth-order valence-electron chi connectivity index (χ4n) is 0.993. The summed E-state index contributed by atoms with van der Waals surface area (Å²) in [4.78, 5) is 12.4. The molecule has 0 radical (unpaired) electrons. The minimum absolute atomic E-state index is 0.359. The first-order valence-electron chi connectivity index (χ1n) is 4.52. The maximum absolute atomic E-state index is 10.5. The smallest absolute Gasteiger partial charge is 0.320 e. The second-order valence-electron chi connectivity index (χ2n) is 3.20. The predicted molar refractivity (Wildman–Crippen MR) is 49.3 cm³/mol. The molecule has 0 aromatic carbocycles. The second-order valence-corrected chi connectivity index (χ2v) is 3.20. The molecule has 0 heterocycles. The van der Waals surface area contributed by atoms with Gasteiger partial charge in [-0.25, -0.2) is 0 Å². The first-order valence-corrected chi connectivity index (χ1v) is 4.52. The Hall–Kier alpha value is -0.570. The summed E-state index contributed by atoms with van der Waals surface area (Å²) in [5, 5.41) is 8.67. The molecular weight excluding hydrogens is 154 g/mol. The van der Waals surface area contributed by atoms with Gasteiger partial charge in [-0.2, -0.15) is 0 Å². The van der Waals surface area contributed by atoms with Crippen molar-refractivity contribution < 1.29 is 9.90 Å². The van der Waals surface area contributed by atoms with Gasteiger partial charge in [0.1, 0.15) is 6.04 Å². The number of hydrogen-bond donors (Lipinski definition) is 1. The monoisotopic (exact) mass is 173 g/mol. The first kappa shape index (κ1) is 11.4. The second kappa shape index (κ2) is 6.00. The van der Waals surface area contributed by atoms with Crippen LogP contribution in [0.4, 0.5) is 0 Å². The van der Waals surface area contributed by atoms with E-state index in [0.717, 1.165) is 13.0 Å². The fraction of sp³-hybridized carbons (Fsp3) is 0.889. The van der Waals surface area contributed by atoms with E-state index in [1.54, 1.807) is 6.92 Å². The normalized spacial score (nSPS) is 13.3. The van der Waals surface area contributed by atoms with Gasteiger partial charge < -0.3 is 5.11 Å². The lowest BCUT2D eigenvalue weighted by Crippen LogP contribution is -2.36. The van der Waals surface area contributed by atoms with Crippen LogP contribution >= 0.6 is 0 Å². The molecule has 1 N–H and O–H groups in total. The molecule has 0 amide bonds. The zero-order valence-corrected chi connectivity index (χ0v) is 8.21. The van der Waals surface area contributed by atoms with Gasteiger partial charge in [-0.15, -0.1) is 0 Å². The van der Waals surface area contributed by atoms with Crippen LogP contribution in [0.1, 0.15) is 33.1 Å². The standard InChI is InChI=1S/C9H19NO2/c1-4-5-6-7-10(3)8(2)9(11)12/h8H,4-7H2,1-3H3,(H,11,12). The third-order valence-electron chi connectivity index (χ3n) is 2.13. The summed E-state index contributed by atoms with van der Waals surface area (Å²) in [7, 11) is 1.86. The van der Waals surface area contributed by atoms with E-state index in [1.807, 2.05) is 11.9 Å². The number of likely N-dealkylation sites (N-methyl/N-ethyl adjacent to an activating group) is 1. The van der Waals surface area contributed by atoms with Crippen LogP contribution in [0.3, 0.4) is 0 Å². The lowest BCUT2D eigenvalue weighted by Gasteiger charge is -2.20. The predicted octanol–water partition coefficient (Wildman–Crippen LogP) is 1.58. The molecule has 0 saturated carbocycles. The Morgan fingerprint density at radius 2 is 2.08 bits per heavy atom. The van der Waals surface area contributed by atoms with Crippen molar-refractivity contribution in [3.63, 3.8) is 0 Å². The van der Waals surface area contributed by atoms with Crippen LogP contribution in [-0.4, -0.2) is 35.6 Å². The van der Waals surface area contributed by atoms with Crippen molar-refractivity contribution in [2.24, 2.45) is 0 Å². The molecule has 3 nitrogen and oxygen atoms in total. The Labute approximate surface area is 74.4 Å². The Morgan fingerprint density at radius 1 is 1.50 bits per heavy atom. The lowest BCUT2D eigenvalue weighted by molar-refractivity contribution is -0.142. The van der Waals surface area contributed by atoms with Crippen LogP contribution in [-0.2, 0) is 4.79 Å². The van der Waals surface area contributed by atoms with Gasteiger partial charge >= 0.3 is 5.97 Å². The highest BCUT2D eigenvalue weighted by Crippen LogP contribution is 2.00. The molecule has 3 heteroatoms. The van der Waals surface area contributed by atoms with E-state index in [1.165, 1.54) is 12.8 Å². The fourth-order valence-corrected chi connectivity index (χ4v) is 0.993. The molecule has 0 aliphatic rings. The van der Waals surface area contributed by atoms with Gasteiger partial charge in [0.05, 0.1) is 0 Å². The van der Waals surface area contributed by atoms with Gasteiger partial charge in [-0.1, -0.05) is 19.8 Å². The molecule has 1 unspecified atom stereocenters. The third kappa shape index (κ3) is 4.34. The topological polar surface area (TPSA) is 40.5 Å². The van der Waals surface area contributed by atoms with E-state index in [2.05, 4.69) is 6.92 Å². The summed E-state index contributed by atoms with van der Waals surface area (Å²) in [5.74, 6) is -0.742. The third-order valence-corrected chi connectivity index (χ3v) is 2.13. The maximum atomic E-state index is 10.5. The van der Waals surface area contributed by atoms with Crippen LogP contribution in [0.25, 0.3) is 0 Å². The van der Waals surface area contributed by atoms with Crippen LogP contribution in [0.5, 0.6) is 0 Å². The quantitative estimate of drug-likeness (QED) is 0.620. The molecule has 0 fully saturated rings. The van der Waals surface area contributed by atoms with Gasteiger partial charge in [-0.05, 0) is 26.9 Å². The number of aliphatic carboxylic acids is 1. The van der Waals surface area contributed by atoms with E-state index in [-0.39, 0.29) is 6.04 Å². The van der Waals surface area contributed by atoms with Crippen LogP contribution in [0.2, 0.25) is 0 Å². The van der Waals surface area contributed by atoms with E-state index >= 15 is 0 Å². The lowest BCUT2D eigenvalue weighted by atomic mass is 10.2. The van der Waals surface area contributed by atoms with E-state index in [4.69, 9.17) is 5.11 Å². The number of carboxylic acid groups (broad SMARTS) is 1. The molecule has 0 aromatic heterocycles. The number of nitrogens with zero attached hydrogens (tertiary/aromatic N) is 1. The van der Waals surface area contributed by atoms with Gasteiger partial charge in [0.2, 0.25) is 0 Å². The van der Waals surface area contributed by atoms with Crippen molar-refractivity contribution in [2.75, 3.05) is 13.6 Å². The van der Waals surface area contributed by atoms with Crippen molar-refractivity contribution in [1.82, 2.24) is 4.90 Å². The summed E-state index contributed by atoms with van der Waals surface area (Å²) < 4.78 is 0. The van der Waals surface area contributed by atoms with Gasteiger partial charge in [0, 0.05) is 0 Å². The minimum Gasteiger partial charge on any atom is -0.480 e. The highest BCUT2D eigenvalue weighted by molar-refractivity contribution is 5.72. The van der Waals surface area contributed by atoms with Gasteiger partial charge in [0.15, 0.2) is 0 Å². The molecule has 0 aliphatic heterocycles. The zero-order valence-electron chi connectivity index (χ0n) is 8.21. The summed E-state index contributed by atoms with van der Waals surface area (Å²) in [6.07, 6.45) is 3.44. The molecule has 1 atom stereocenters. The molecule has 12 heavy (non-hydrogen) atoms. The number of unbranched alkanes of at least 4 members (excludes halogenated alkanes) is 2. The Kier molecular flexibility index (Phi) is 5.72. The Bertz CT molecular complexity index is 136. The van der Waals surface area contributed by atoms with Crippen LogP contribution in [0, 0.1) is 0 Å². The van der Waals surface area contributed by atoms with Crippen molar-refractivity contribution in [3.05, 3.63) is 0 Å². The van der Waals surface area contributed by atoms with Crippen molar-refractivity contribution >= 4 is 5.97 Å². The molecule has 0 saturated heterocycles. The number of carboxylic acids is 1. The Morgan fingerprint density at radius 3 is 2.50 bits per heavy atom. The van der Waals surface area contributed by atoms with Gasteiger partial charge in [0.25, 0.3) is 0 Å². The molecule has 0 bridgehead atoms. The van der Waals surface area contributed by atoms with Crippen molar-refractivity contribution in [1.29, 1.82) is 0 Å². The summed E-state index contributed by atoms with van der Waals surface area (Å²) in [5.41, 5.74) is 0. The average molecular weight is 173 g/mol. The molecule has 72 valence electrons.